The highest BCUT2D eigenvalue weighted by molar-refractivity contribution is 7.15. The summed E-state index contributed by atoms with van der Waals surface area (Å²) in [6, 6.07) is 15.8. The minimum absolute atomic E-state index is 0.0866. The van der Waals surface area contributed by atoms with Gasteiger partial charge in [-0.15, -0.1) is 31.7 Å². The SMILES string of the molecule is Cc1ccccc1CC(=O)Cc1nnc(CCCCc2nnc(NC(=O)Cc3ccccc3C)s2)s1. The Labute approximate surface area is 219 Å². The van der Waals surface area contributed by atoms with E-state index >= 15 is 0 Å². The minimum atomic E-state index is -0.0866. The van der Waals surface area contributed by atoms with Crippen LogP contribution in [0.2, 0.25) is 0 Å². The lowest BCUT2D eigenvalue weighted by Crippen LogP contribution is -2.14. The molecule has 1 amide bonds. The van der Waals surface area contributed by atoms with E-state index in [1.807, 2.05) is 62.4 Å². The number of aryl methyl sites for hydroxylation is 4. The number of nitrogens with one attached hydrogen (secondary N) is 1. The maximum absolute atomic E-state index is 12.4. The van der Waals surface area contributed by atoms with Gasteiger partial charge in [-0.1, -0.05) is 59.9 Å². The van der Waals surface area contributed by atoms with Gasteiger partial charge < -0.3 is 5.32 Å². The van der Waals surface area contributed by atoms with Crippen molar-refractivity contribution in [2.45, 2.75) is 58.8 Å². The normalized spacial score (nSPS) is 10.9. The second-order valence-corrected chi connectivity index (χ2v) is 11.0. The van der Waals surface area contributed by atoms with E-state index in [4.69, 9.17) is 0 Å². The molecule has 0 bridgehead atoms. The topological polar surface area (TPSA) is 97.7 Å². The summed E-state index contributed by atoms with van der Waals surface area (Å²) >= 11 is 2.94. The van der Waals surface area contributed by atoms with Crippen LogP contribution in [0.25, 0.3) is 0 Å². The smallest absolute Gasteiger partial charge is 0.230 e. The summed E-state index contributed by atoms with van der Waals surface area (Å²) in [6.45, 7) is 4.03. The van der Waals surface area contributed by atoms with Gasteiger partial charge in [0.2, 0.25) is 11.0 Å². The monoisotopic (exact) mass is 519 g/mol. The van der Waals surface area contributed by atoms with Gasteiger partial charge in [-0.2, -0.15) is 0 Å². The number of unbranched alkanes of at least 4 members (excludes halogenated alkanes) is 1. The molecule has 2 aromatic carbocycles. The standard InChI is InChI=1S/C27H29N5O2S2/c1-18-9-3-5-11-20(18)15-22(33)17-26-31-29-24(35-26)13-7-8-14-25-30-32-27(36-25)28-23(34)16-21-12-6-4-10-19(21)2/h3-6,9-12H,7-8,13-17H2,1-2H3,(H,28,32,34). The summed E-state index contributed by atoms with van der Waals surface area (Å²) in [6.07, 6.45) is 4.58. The molecule has 0 radical (unpaired) electrons. The number of aromatic nitrogens is 4. The van der Waals surface area contributed by atoms with Crippen LogP contribution in [0, 0.1) is 13.8 Å². The molecule has 2 aromatic heterocycles. The Hall–Kier alpha value is -3.30. The van der Waals surface area contributed by atoms with Crippen molar-refractivity contribution in [1.82, 2.24) is 20.4 Å². The molecule has 0 spiro atoms. The van der Waals surface area contributed by atoms with Crippen molar-refractivity contribution in [2.75, 3.05) is 5.32 Å². The Balaban J connectivity index is 1.16. The number of Topliss-reactive ketones (excluding diaryl/α,β-unsaturated/α-hetero) is 1. The van der Waals surface area contributed by atoms with Gasteiger partial charge >= 0.3 is 0 Å². The number of hydrogen-bond donors (Lipinski definition) is 1. The van der Waals surface area contributed by atoms with Crippen molar-refractivity contribution < 1.29 is 9.59 Å². The molecule has 186 valence electrons. The molecule has 0 aliphatic carbocycles. The molecule has 4 aromatic rings. The van der Waals surface area contributed by atoms with E-state index < -0.39 is 0 Å². The van der Waals surface area contributed by atoms with E-state index in [1.165, 1.54) is 22.7 Å². The Morgan fingerprint density at radius 1 is 0.694 bits per heavy atom. The van der Waals surface area contributed by atoms with Crippen LogP contribution in [-0.4, -0.2) is 32.1 Å². The van der Waals surface area contributed by atoms with E-state index in [0.717, 1.165) is 63.0 Å². The fourth-order valence-electron chi connectivity index (χ4n) is 3.82. The van der Waals surface area contributed by atoms with Gasteiger partial charge in [0.05, 0.1) is 12.8 Å². The van der Waals surface area contributed by atoms with Crippen LogP contribution in [0.1, 0.15) is 50.1 Å². The van der Waals surface area contributed by atoms with Crippen LogP contribution in [0.15, 0.2) is 48.5 Å². The average molecular weight is 520 g/mol. The van der Waals surface area contributed by atoms with E-state index in [0.29, 0.717) is 24.4 Å². The van der Waals surface area contributed by atoms with Crippen LogP contribution in [0.3, 0.4) is 0 Å². The third kappa shape index (κ3) is 7.60. The number of carbonyl (C=O) groups is 2. The van der Waals surface area contributed by atoms with E-state index in [1.54, 1.807) is 0 Å². The molecular weight excluding hydrogens is 490 g/mol. The number of benzene rings is 2. The number of amides is 1. The first-order chi connectivity index (χ1) is 17.5. The lowest BCUT2D eigenvalue weighted by molar-refractivity contribution is -0.118. The van der Waals surface area contributed by atoms with Gasteiger partial charge in [0, 0.05) is 19.3 Å². The largest absolute Gasteiger partial charge is 0.300 e. The van der Waals surface area contributed by atoms with Crippen molar-refractivity contribution in [3.05, 3.63) is 85.8 Å². The lowest BCUT2D eigenvalue weighted by Gasteiger charge is -2.04. The number of hydrogen-bond acceptors (Lipinski definition) is 8. The number of rotatable bonds is 12. The molecule has 9 heteroatoms. The minimum Gasteiger partial charge on any atom is -0.300 e. The summed E-state index contributed by atoms with van der Waals surface area (Å²) in [7, 11) is 0. The van der Waals surface area contributed by atoms with Crippen molar-refractivity contribution in [1.29, 1.82) is 0 Å². The zero-order chi connectivity index (χ0) is 25.3. The predicted molar refractivity (Wildman–Crippen MR) is 144 cm³/mol. The van der Waals surface area contributed by atoms with Crippen molar-refractivity contribution in [3.8, 4) is 0 Å². The Kier molecular flexibility index (Phi) is 9.02. The number of carbonyl (C=O) groups excluding carboxylic acids is 2. The summed E-state index contributed by atoms with van der Waals surface area (Å²) in [4.78, 5) is 24.8. The van der Waals surface area contributed by atoms with Gasteiger partial charge in [0.15, 0.2) is 0 Å². The van der Waals surface area contributed by atoms with Crippen molar-refractivity contribution in [3.63, 3.8) is 0 Å². The summed E-state index contributed by atoms with van der Waals surface area (Å²) < 4.78 is 0. The third-order valence-corrected chi connectivity index (χ3v) is 7.74. The van der Waals surface area contributed by atoms with Crippen LogP contribution < -0.4 is 5.32 Å². The highest BCUT2D eigenvalue weighted by atomic mass is 32.1. The summed E-state index contributed by atoms with van der Waals surface area (Å²) in [5.74, 6) is 0.0709. The third-order valence-electron chi connectivity index (χ3n) is 5.86. The van der Waals surface area contributed by atoms with E-state index in [2.05, 4.69) is 25.7 Å². The average Bonchev–Trinajstić information content (AvgIpc) is 3.49. The predicted octanol–water partition coefficient (Wildman–Crippen LogP) is 5.11. The zero-order valence-corrected chi connectivity index (χ0v) is 22.1. The molecule has 0 fully saturated rings. The highest BCUT2D eigenvalue weighted by Crippen LogP contribution is 2.20. The van der Waals surface area contributed by atoms with E-state index in [-0.39, 0.29) is 11.7 Å². The fourth-order valence-corrected chi connectivity index (χ4v) is 5.53. The number of ketones is 1. The van der Waals surface area contributed by atoms with Crippen LogP contribution in [-0.2, 0) is 41.7 Å². The maximum Gasteiger partial charge on any atom is 0.230 e. The quantitative estimate of drug-likeness (QED) is 0.261. The van der Waals surface area contributed by atoms with Crippen LogP contribution >= 0.6 is 22.7 Å². The molecule has 1 N–H and O–H groups in total. The Bertz CT molecular complexity index is 1230. The molecule has 0 atom stereocenters. The molecule has 36 heavy (non-hydrogen) atoms. The number of anilines is 1. The van der Waals surface area contributed by atoms with Gasteiger partial charge in [-0.05, 0) is 48.9 Å². The molecular formula is C27H29N5O2S2. The van der Waals surface area contributed by atoms with Crippen LogP contribution in [0.4, 0.5) is 5.13 Å². The zero-order valence-electron chi connectivity index (χ0n) is 20.5. The lowest BCUT2D eigenvalue weighted by atomic mass is 10.0. The molecule has 0 aliphatic heterocycles. The summed E-state index contributed by atoms with van der Waals surface area (Å²) in [5.41, 5.74) is 4.31. The van der Waals surface area contributed by atoms with Gasteiger partial charge in [0.1, 0.15) is 20.8 Å². The van der Waals surface area contributed by atoms with Gasteiger partial charge in [0.25, 0.3) is 0 Å². The Morgan fingerprint density at radius 3 is 1.92 bits per heavy atom. The van der Waals surface area contributed by atoms with Crippen molar-refractivity contribution in [2.24, 2.45) is 0 Å². The first-order valence-corrected chi connectivity index (χ1v) is 13.6. The van der Waals surface area contributed by atoms with Gasteiger partial charge in [-0.3, -0.25) is 9.59 Å². The first-order valence-electron chi connectivity index (χ1n) is 12.0. The van der Waals surface area contributed by atoms with Gasteiger partial charge in [-0.25, -0.2) is 0 Å². The molecule has 0 saturated carbocycles. The number of nitrogens with zero attached hydrogens (tertiary/aromatic N) is 4. The molecule has 4 rings (SSSR count). The first kappa shape index (κ1) is 25.8. The highest BCUT2D eigenvalue weighted by Gasteiger charge is 2.13. The molecule has 2 heterocycles. The van der Waals surface area contributed by atoms with Crippen LogP contribution in [0.5, 0.6) is 0 Å². The molecule has 7 nitrogen and oxygen atoms in total. The fraction of sp³-hybridized carbons (Fsp3) is 0.333. The second-order valence-electron chi connectivity index (χ2n) is 8.77. The Morgan fingerprint density at radius 2 is 1.25 bits per heavy atom. The molecule has 0 aliphatic rings. The maximum atomic E-state index is 12.4. The van der Waals surface area contributed by atoms with E-state index in [9.17, 15) is 9.59 Å². The molecule has 0 saturated heterocycles. The van der Waals surface area contributed by atoms with Crippen molar-refractivity contribution >= 4 is 39.5 Å². The summed E-state index contributed by atoms with van der Waals surface area (Å²) in [5, 5.41) is 22.8. The second kappa shape index (κ2) is 12.6. The molecule has 0 unspecified atom stereocenters.